The topological polar surface area (TPSA) is 104 Å². The van der Waals surface area contributed by atoms with Crippen LogP contribution in [0.3, 0.4) is 0 Å². The molecule has 3 rings (SSSR count). The molecule has 0 aliphatic carbocycles. The maximum atomic E-state index is 12.5. The second-order valence-electron chi connectivity index (χ2n) is 6.30. The fraction of sp³-hybridized carbons (Fsp3) is 0.263. The van der Waals surface area contributed by atoms with Gasteiger partial charge in [-0.3, -0.25) is 13.9 Å². The Bertz CT molecular complexity index is 944. The van der Waals surface area contributed by atoms with E-state index in [1.165, 1.54) is 10.4 Å². The first-order chi connectivity index (χ1) is 12.9. The van der Waals surface area contributed by atoms with Crippen LogP contribution in [0.2, 0.25) is 0 Å². The highest BCUT2D eigenvalue weighted by Gasteiger charge is 2.29. The van der Waals surface area contributed by atoms with Gasteiger partial charge in [0.25, 0.3) is 5.91 Å². The van der Waals surface area contributed by atoms with Crippen molar-refractivity contribution in [2.45, 2.75) is 12.3 Å². The van der Waals surface area contributed by atoms with Gasteiger partial charge in [0.15, 0.2) is 0 Å². The monoisotopic (exact) mass is 388 g/mol. The van der Waals surface area contributed by atoms with Gasteiger partial charge in [0, 0.05) is 18.7 Å². The highest BCUT2D eigenvalue weighted by molar-refractivity contribution is 7.93. The summed E-state index contributed by atoms with van der Waals surface area (Å²) in [5.74, 6) is -2.24. The third-order valence-electron chi connectivity index (χ3n) is 4.46. The molecule has 0 radical (unpaired) electrons. The number of hydrogen-bond acceptors (Lipinski definition) is 4. The van der Waals surface area contributed by atoms with Crippen LogP contribution in [0.15, 0.2) is 54.6 Å². The fourth-order valence-electron chi connectivity index (χ4n) is 3.06. The molecule has 1 aliphatic heterocycles. The van der Waals surface area contributed by atoms with E-state index in [4.69, 9.17) is 0 Å². The van der Waals surface area contributed by atoms with E-state index >= 15 is 0 Å². The largest absolute Gasteiger partial charge is 0.481 e. The summed E-state index contributed by atoms with van der Waals surface area (Å²) in [6.07, 6.45) is 0.552. The lowest BCUT2D eigenvalue weighted by Gasteiger charge is -2.18. The first kappa shape index (κ1) is 18.9. The van der Waals surface area contributed by atoms with Crippen LogP contribution >= 0.6 is 0 Å². The zero-order chi connectivity index (χ0) is 19.4. The molecule has 1 unspecified atom stereocenters. The van der Waals surface area contributed by atoms with Crippen LogP contribution < -0.4 is 9.62 Å². The van der Waals surface area contributed by atoms with Gasteiger partial charge >= 0.3 is 5.97 Å². The number of carboxylic acid groups (broad SMARTS) is 1. The van der Waals surface area contributed by atoms with Gasteiger partial charge in [0.1, 0.15) is 0 Å². The first-order valence-corrected chi connectivity index (χ1v) is 10.2. The molecule has 8 heteroatoms. The summed E-state index contributed by atoms with van der Waals surface area (Å²) in [6, 6.07) is 15.0. The number of hydrogen-bond donors (Lipinski definition) is 2. The Hall–Kier alpha value is -2.87. The molecule has 7 nitrogen and oxygen atoms in total. The average Bonchev–Trinajstić information content (AvgIpc) is 3.01. The quantitative estimate of drug-likeness (QED) is 0.786. The predicted octanol–water partition coefficient (Wildman–Crippen LogP) is 1.82. The molecule has 1 atom stereocenters. The van der Waals surface area contributed by atoms with Gasteiger partial charge in [-0.25, -0.2) is 8.42 Å². The zero-order valence-corrected chi connectivity index (χ0v) is 15.4. The minimum Gasteiger partial charge on any atom is -0.481 e. The Kier molecular flexibility index (Phi) is 5.46. The number of aliphatic carboxylic acids is 1. The number of benzene rings is 2. The zero-order valence-electron chi connectivity index (χ0n) is 14.5. The van der Waals surface area contributed by atoms with Crippen LogP contribution in [0.4, 0.5) is 5.69 Å². The van der Waals surface area contributed by atoms with E-state index in [-0.39, 0.29) is 17.9 Å². The predicted molar refractivity (Wildman–Crippen MR) is 101 cm³/mol. The number of rotatable bonds is 6. The molecule has 2 aromatic rings. The van der Waals surface area contributed by atoms with Crippen LogP contribution in [0.25, 0.3) is 0 Å². The lowest BCUT2D eigenvalue weighted by molar-refractivity contribution is -0.138. The fourth-order valence-corrected chi connectivity index (χ4v) is 4.62. The Morgan fingerprint density at radius 1 is 1.11 bits per heavy atom. The lowest BCUT2D eigenvalue weighted by Crippen LogP contribution is -2.32. The van der Waals surface area contributed by atoms with Crippen LogP contribution in [0, 0.1) is 0 Å². The van der Waals surface area contributed by atoms with Crippen molar-refractivity contribution in [2.75, 3.05) is 23.1 Å². The van der Waals surface area contributed by atoms with Crippen molar-refractivity contribution in [1.29, 1.82) is 0 Å². The van der Waals surface area contributed by atoms with Crippen LogP contribution in [0.1, 0.15) is 28.3 Å². The molecule has 1 amide bonds. The number of nitrogens with one attached hydrogen (secondary N) is 1. The molecule has 1 heterocycles. The molecular formula is C19H20N2O5S. The normalized spacial score (nSPS) is 16.7. The summed E-state index contributed by atoms with van der Waals surface area (Å²) < 4.78 is 25.4. The van der Waals surface area contributed by atoms with Crippen LogP contribution in [-0.4, -0.2) is 44.2 Å². The number of amides is 1. The third kappa shape index (κ3) is 4.28. The van der Waals surface area contributed by atoms with Gasteiger partial charge in [-0.2, -0.15) is 0 Å². The Balaban J connectivity index is 1.73. The van der Waals surface area contributed by atoms with Gasteiger partial charge in [0.05, 0.1) is 17.4 Å². The van der Waals surface area contributed by atoms with Crippen molar-refractivity contribution in [3.8, 4) is 0 Å². The second-order valence-corrected chi connectivity index (χ2v) is 8.32. The van der Waals surface area contributed by atoms with E-state index in [9.17, 15) is 23.1 Å². The number of nitrogens with zero attached hydrogens (tertiary/aromatic N) is 1. The SMILES string of the molecule is O=C(NCC(C(=O)O)c1ccccc1)c1cccc(N2CCCS2(=O)=O)c1. The molecule has 27 heavy (non-hydrogen) atoms. The van der Waals surface area contributed by atoms with Gasteiger partial charge in [-0.15, -0.1) is 0 Å². The van der Waals surface area contributed by atoms with Crippen molar-refractivity contribution in [2.24, 2.45) is 0 Å². The molecule has 0 spiro atoms. The Morgan fingerprint density at radius 2 is 1.85 bits per heavy atom. The van der Waals surface area contributed by atoms with Crippen LogP contribution in [0.5, 0.6) is 0 Å². The number of carbonyl (C=O) groups excluding carboxylic acids is 1. The maximum absolute atomic E-state index is 12.5. The molecule has 1 saturated heterocycles. The number of carbonyl (C=O) groups is 2. The Morgan fingerprint density at radius 3 is 2.48 bits per heavy atom. The van der Waals surface area contributed by atoms with E-state index in [0.717, 1.165) is 0 Å². The van der Waals surface area contributed by atoms with Gasteiger partial charge < -0.3 is 10.4 Å². The summed E-state index contributed by atoms with van der Waals surface area (Å²) in [7, 11) is -3.33. The van der Waals surface area contributed by atoms with Crippen molar-refractivity contribution in [1.82, 2.24) is 5.32 Å². The van der Waals surface area contributed by atoms with Gasteiger partial charge in [0.2, 0.25) is 10.0 Å². The summed E-state index contributed by atoms with van der Waals surface area (Å²) in [6.45, 7) is 0.326. The van der Waals surface area contributed by atoms with Gasteiger partial charge in [-0.05, 0) is 30.2 Å². The van der Waals surface area contributed by atoms with E-state index in [2.05, 4.69) is 5.32 Å². The minimum absolute atomic E-state index is 0.0651. The number of anilines is 1. The van der Waals surface area contributed by atoms with Crippen molar-refractivity contribution < 1.29 is 23.1 Å². The molecule has 0 aromatic heterocycles. The molecule has 0 bridgehead atoms. The standard InChI is InChI=1S/C19H20N2O5S/c22-18(20-13-17(19(23)24)14-6-2-1-3-7-14)15-8-4-9-16(12-15)21-10-5-11-27(21,25)26/h1-4,6-9,12,17H,5,10-11,13H2,(H,20,22)(H,23,24). The summed E-state index contributed by atoms with van der Waals surface area (Å²) in [4.78, 5) is 24.0. The summed E-state index contributed by atoms with van der Waals surface area (Å²) in [5.41, 5.74) is 1.33. The molecule has 2 aromatic carbocycles. The van der Waals surface area contributed by atoms with E-state index in [1.807, 2.05) is 0 Å². The summed E-state index contributed by atoms with van der Waals surface area (Å²) in [5, 5.41) is 12.1. The third-order valence-corrected chi connectivity index (χ3v) is 6.33. The van der Waals surface area contributed by atoms with Crippen molar-refractivity contribution >= 4 is 27.6 Å². The lowest BCUT2D eigenvalue weighted by atomic mass is 9.99. The molecule has 1 fully saturated rings. The molecule has 1 aliphatic rings. The maximum Gasteiger partial charge on any atom is 0.312 e. The molecule has 0 saturated carbocycles. The highest BCUT2D eigenvalue weighted by Crippen LogP contribution is 2.25. The van der Waals surface area contributed by atoms with Crippen LogP contribution in [-0.2, 0) is 14.8 Å². The molecular weight excluding hydrogens is 368 g/mol. The van der Waals surface area contributed by atoms with Crippen molar-refractivity contribution in [3.05, 3.63) is 65.7 Å². The van der Waals surface area contributed by atoms with Crippen molar-refractivity contribution in [3.63, 3.8) is 0 Å². The van der Waals surface area contributed by atoms with E-state index < -0.39 is 27.8 Å². The molecule has 142 valence electrons. The summed E-state index contributed by atoms with van der Waals surface area (Å²) >= 11 is 0. The first-order valence-electron chi connectivity index (χ1n) is 8.55. The van der Waals surface area contributed by atoms with E-state index in [0.29, 0.717) is 24.2 Å². The molecule has 2 N–H and O–H groups in total. The number of sulfonamides is 1. The Labute approximate surface area is 157 Å². The highest BCUT2D eigenvalue weighted by atomic mass is 32.2. The minimum atomic E-state index is -3.33. The van der Waals surface area contributed by atoms with E-state index in [1.54, 1.807) is 48.5 Å². The smallest absolute Gasteiger partial charge is 0.312 e. The number of carboxylic acids is 1. The second kappa shape index (κ2) is 7.79. The van der Waals surface area contributed by atoms with Gasteiger partial charge in [-0.1, -0.05) is 36.4 Å². The average molecular weight is 388 g/mol.